The van der Waals surface area contributed by atoms with Gasteiger partial charge in [0.2, 0.25) is 21.9 Å². The van der Waals surface area contributed by atoms with E-state index in [9.17, 15) is 13.2 Å². The number of carbonyl (C=O) groups is 1. The summed E-state index contributed by atoms with van der Waals surface area (Å²) in [6.07, 6.45) is 3.24. The lowest BCUT2D eigenvalue weighted by Gasteiger charge is -2.20. The van der Waals surface area contributed by atoms with Gasteiger partial charge in [0.1, 0.15) is 18.2 Å². The summed E-state index contributed by atoms with van der Waals surface area (Å²) in [5.74, 6) is 1.84. The average Bonchev–Trinajstić information content (AvgIpc) is 3.25. The zero-order chi connectivity index (χ0) is 27.3. The summed E-state index contributed by atoms with van der Waals surface area (Å²) < 4.78 is 33.9. The number of benzene rings is 2. The Hall–Kier alpha value is -3.70. The SMILES string of the molecule is Cc1cnc(Nc2ccc(OCCN3CCCC3=O)cc2)nc1Nc1cccc(S(=O)(=O)NC(C)(C)C)c1. The van der Waals surface area contributed by atoms with E-state index in [0.29, 0.717) is 42.8 Å². The summed E-state index contributed by atoms with van der Waals surface area (Å²) in [7, 11) is -3.67. The first-order chi connectivity index (χ1) is 18.0. The van der Waals surface area contributed by atoms with E-state index < -0.39 is 15.6 Å². The lowest BCUT2D eigenvalue weighted by molar-refractivity contribution is -0.128. The van der Waals surface area contributed by atoms with Crippen LogP contribution in [-0.2, 0) is 14.8 Å². The van der Waals surface area contributed by atoms with Crippen molar-refractivity contribution in [1.82, 2.24) is 19.6 Å². The number of anilines is 4. The second-order valence-corrected chi connectivity index (χ2v) is 11.9. The summed E-state index contributed by atoms with van der Waals surface area (Å²) in [6, 6.07) is 14.0. The fourth-order valence-corrected chi connectivity index (χ4v) is 5.41. The molecule has 0 unspecified atom stereocenters. The number of aromatic nitrogens is 2. The number of aryl methyl sites for hydroxylation is 1. The van der Waals surface area contributed by atoms with Crippen molar-refractivity contribution in [1.29, 1.82) is 0 Å². The van der Waals surface area contributed by atoms with Gasteiger partial charge in [-0.1, -0.05) is 6.07 Å². The molecule has 2 aromatic carbocycles. The molecule has 0 bridgehead atoms. The van der Waals surface area contributed by atoms with Crippen molar-refractivity contribution < 1.29 is 17.9 Å². The van der Waals surface area contributed by atoms with Gasteiger partial charge in [0.05, 0.1) is 11.4 Å². The normalized spacial score (nSPS) is 14.0. The van der Waals surface area contributed by atoms with E-state index >= 15 is 0 Å². The van der Waals surface area contributed by atoms with Crippen LogP contribution in [0.5, 0.6) is 5.75 Å². The summed E-state index contributed by atoms with van der Waals surface area (Å²) in [6.45, 7) is 9.10. The van der Waals surface area contributed by atoms with Crippen LogP contribution >= 0.6 is 0 Å². The summed E-state index contributed by atoms with van der Waals surface area (Å²) in [5, 5.41) is 6.38. The molecule has 0 spiro atoms. The Balaban J connectivity index is 1.39. The van der Waals surface area contributed by atoms with Gasteiger partial charge in [-0.05, 0) is 76.6 Å². The topological polar surface area (TPSA) is 126 Å². The van der Waals surface area contributed by atoms with Gasteiger partial charge < -0.3 is 20.3 Å². The van der Waals surface area contributed by atoms with Crippen molar-refractivity contribution in [2.75, 3.05) is 30.3 Å². The standard InChI is InChI=1S/C27H34N6O4S/c1-19-18-28-26(30-20-10-12-22(13-11-20)37-16-15-33-14-6-9-24(33)34)31-25(19)29-21-7-5-8-23(17-21)38(35,36)32-27(2,3)4/h5,7-8,10-13,17-18,32H,6,9,14-16H2,1-4H3,(H2,28,29,30,31). The predicted octanol–water partition coefficient (Wildman–Crippen LogP) is 4.35. The Labute approximate surface area is 223 Å². The molecular weight excluding hydrogens is 504 g/mol. The number of nitrogens with one attached hydrogen (secondary N) is 3. The maximum absolute atomic E-state index is 12.7. The van der Waals surface area contributed by atoms with Crippen LogP contribution in [0.25, 0.3) is 0 Å². The van der Waals surface area contributed by atoms with E-state index in [1.54, 1.807) is 51.2 Å². The first-order valence-electron chi connectivity index (χ1n) is 12.5. The number of hydrogen-bond donors (Lipinski definition) is 3. The highest BCUT2D eigenvalue weighted by Gasteiger charge is 2.22. The zero-order valence-electron chi connectivity index (χ0n) is 22.1. The molecule has 11 heteroatoms. The van der Waals surface area contributed by atoms with E-state index in [4.69, 9.17) is 4.74 Å². The van der Waals surface area contributed by atoms with Crippen molar-refractivity contribution in [2.24, 2.45) is 0 Å². The quantitative estimate of drug-likeness (QED) is 0.348. The molecule has 1 saturated heterocycles. The minimum absolute atomic E-state index is 0.164. The fourth-order valence-electron chi connectivity index (χ4n) is 3.95. The van der Waals surface area contributed by atoms with Gasteiger partial charge in [-0.3, -0.25) is 4.79 Å². The van der Waals surface area contributed by atoms with Gasteiger partial charge in [0, 0.05) is 41.6 Å². The lowest BCUT2D eigenvalue weighted by Crippen LogP contribution is -2.40. The van der Waals surface area contributed by atoms with Crippen molar-refractivity contribution >= 4 is 39.1 Å². The molecule has 0 aliphatic carbocycles. The van der Waals surface area contributed by atoms with Gasteiger partial charge in [0.25, 0.3) is 0 Å². The molecule has 1 amide bonds. The second-order valence-electron chi connectivity index (χ2n) is 10.2. The summed E-state index contributed by atoms with van der Waals surface area (Å²) >= 11 is 0. The third-order valence-corrected chi connectivity index (χ3v) is 7.49. The maximum Gasteiger partial charge on any atom is 0.241 e. The smallest absolute Gasteiger partial charge is 0.241 e. The average molecular weight is 539 g/mol. The molecule has 10 nitrogen and oxygen atoms in total. The first kappa shape index (κ1) is 27.3. The highest BCUT2D eigenvalue weighted by Crippen LogP contribution is 2.24. The first-order valence-corrected chi connectivity index (χ1v) is 14.0. The van der Waals surface area contributed by atoms with E-state index in [1.807, 2.05) is 36.1 Å². The number of sulfonamides is 1. The van der Waals surface area contributed by atoms with Crippen LogP contribution in [-0.4, -0.2) is 54.4 Å². The lowest BCUT2D eigenvalue weighted by atomic mass is 10.1. The van der Waals surface area contributed by atoms with Gasteiger partial charge in [-0.15, -0.1) is 0 Å². The summed E-state index contributed by atoms with van der Waals surface area (Å²) in [4.78, 5) is 22.6. The van der Waals surface area contributed by atoms with Crippen LogP contribution in [0, 0.1) is 6.92 Å². The molecule has 1 fully saturated rings. The Bertz CT molecular complexity index is 1390. The van der Waals surface area contributed by atoms with E-state index in [2.05, 4.69) is 25.3 Å². The van der Waals surface area contributed by atoms with Crippen LogP contribution in [0.3, 0.4) is 0 Å². The number of amides is 1. The number of rotatable bonds is 10. The number of nitrogens with zero attached hydrogens (tertiary/aromatic N) is 3. The molecule has 3 N–H and O–H groups in total. The minimum atomic E-state index is -3.67. The molecule has 3 aromatic rings. The van der Waals surface area contributed by atoms with E-state index in [0.717, 1.165) is 24.2 Å². The Morgan fingerprint density at radius 3 is 2.50 bits per heavy atom. The molecule has 202 valence electrons. The minimum Gasteiger partial charge on any atom is -0.492 e. The highest BCUT2D eigenvalue weighted by atomic mass is 32.2. The fraction of sp³-hybridized carbons (Fsp3) is 0.370. The van der Waals surface area contributed by atoms with Crippen LogP contribution in [0.2, 0.25) is 0 Å². The van der Waals surface area contributed by atoms with Gasteiger partial charge in [-0.2, -0.15) is 4.98 Å². The summed E-state index contributed by atoms with van der Waals surface area (Å²) in [5.41, 5.74) is 1.58. The maximum atomic E-state index is 12.7. The molecule has 4 rings (SSSR count). The number of likely N-dealkylation sites (tertiary alicyclic amines) is 1. The molecule has 2 heterocycles. The number of hydrogen-bond acceptors (Lipinski definition) is 8. The molecule has 0 atom stereocenters. The number of carbonyl (C=O) groups excluding carboxylic acids is 1. The predicted molar refractivity (Wildman–Crippen MR) is 148 cm³/mol. The molecule has 1 aromatic heterocycles. The van der Waals surface area contributed by atoms with Crippen molar-refractivity contribution in [3.05, 3.63) is 60.3 Å². The Morgan fingerprint density at radius 1 is 1.05 bits per heavy atom. The van der Waals surface area contributed by atoms with Crippen LogP contribution < -0.4 is 20.1 Å². The third-order valence-electron chi connectivity index (χ3n) is 5.73. The van der Waals surface area contributed by atoms with E-state index in [-0.39, 0.29) is 10.8 Å². The molecular formula is C27H34N6O4S. The van der Waals surface area contributed by atoms with Gasteiger partial charge >= 0.3 is 0 Å². The molecule has 38 heavy (non-hydrogen) atoms. The molecule has 1 aliphatic rings. The second kappa shape index (κ2) is 11.4. The highest BCUT2D eigenvalue weighted by molar-refractivity contribution is 7.89. The van der Waals surface area contributed by atoms with Crippen molar-refractivity contribution in [2.45, 2.75) is 51.0 Å². The van der Waals surface area contributed by atoms with Crippen molar-refractivity contribution in [3.8, 4) is 5.75 Å². The Kier molecular flexibility index (Phi) is 8.17. The van der Waals surface area contributed by atoms with Crippen LogP contribution in [0.15, 0.2) is 59.6 Å². The molecule has 0 radical (unpaired) electrons. The third kappa shape index (κ3) is 7.42. The van der Waals surface area contributed by atoms with Gasteiger partial charge in [-0.25, -0.2) is 18.1 Å². The van der Waals surface area contributed by atoms with E-state index in [1.165, 1.54) is 0 Å². The monoisotopic (exact) mass is 538 g/mol. The Morgan fingerprint density at radius 2 is 1.82 bits per heavy atom. The number of ether oxygens (including phenoxy) is 1. The van der Waals surface area contributed by atoms with Crippen LogP contribution in [0.1, 0.15) is 39.2 Å². The molecule has 1 aliphatic heterocycles. The molecule has 0 saturated carbocycles. The zero-order valence-corrected chi connectivity index (χ0v) is 22.9. The van der Waals surface area contributed by atoms with Crippen molar-refractivity contribution in [3.63, 3.8) is 0 Å². The van der Waals surface area contributed by atoms with Crippen LogP contribution in [0.4, 0.5) is 23.1 Å². The largest absolute Gasteiger partial charge is 0.492 e. The van der Waals surface area contributed by atoms with Gasteiger partial charge in [0.15, 0.2) is 0 Å².